The molecule has 3 aromatic carbocycles. The number of methoxy groups -OCH3 is 4. The van der Waals surface area contributed by atoms with Gasteiger partial charge in [0.1, 0.15) is 5.75 Å². The van der Waals surface area contributed by atoms with Crippen molar-refractivity contribution in [2.24, 2.45) is 4.99 Å². The molecule has 2 heterocycles. The largest absolute Gasteiger partial charge is 0.497 e. The van der Waals surface area contributed by atoms with Crippen LogP contribution in [0, 0.1) is 0 Å². The molecule has 0 saturated heterocycles. The van der Waals surface area contributed by atoms with Crippen LogP contribution >= 0.6 is 11.3 Å². The van der Waals surface area contributed by atoms with Crippen LogP contribution in [0.1, 0.15) is 22.8 Å². The minimum Gasteiger partial charge on any atom is -0.497 e. The molecular formula is C29H26N4O6S. The highest BCUT2D eigenvalue weighted by Gasteiger charge is 2.23. The second-order valence-electron chi connectivity index (χ2n) is 8.61. The molecule has 0 radical (unpaired) electrons. The van der Waals surface area contributed by atoms with Gasteiger partial charge in [-0.05, 0) is 43.3 Å². The average Bonchev–Trinajstić information content (AvgIpc) is 3.57. The van der Waals surface area contributed by atoms with Crippen molar-refractivity contribution in [3.8, 4) is 33.6 Å². The number of carbonyl (C=O) groups excluding carboxylic acids is 1. The van der Waals surface area contributed by atoms with E-state index in [2.05, 4.69) is 10.1 Å². The molecule has 0 saturated carbocycles. The van der Waals surface area contributed by atoms with Gasteiger partial charge in [0.15, 0.2) is 11.5 Å². The van der Waals surface area contributed by atoms with E-state index in [9.17, 15) is 9.59 Å². The fourth-order valence-corrected chi connectivity index (χ4v) is 5.23. The van der Waals surface area contributed by atoms with Gasteiger partial charge in [-0.2, -0.15) is 4.68 Å². The van der Waals surface area contributed by atoms with E-state index in [1.807, 2.05) is 48.5 Å². The lowest BCUT2D eigenvalue weighted by atomic mass is 10.0. The maximum atomic E-state index is 14.0. The Morgan fingerprint density at radius 2 is 1.65 bits per heavy atom. The number of nitrogens with zero attached hydrogens (tertiary/aromatic N) is 3. The van der Waals surface area contributed by atoms with Crippen LogP contribution < -0.4 is 19.8 Å². The third kappa shape index (κ3) is 4.82. The van der Waals surface area contributed by atoms with Gasteiger partial charge in [0.05, 0.1) is 66.9 Å². The van der Waals surface area contributed by atoms with E-state index >= 15 is 0 Å². The number of aromatic nitrogens is 3. The summed E-state index contributed by atoms with van der Waals surface area (Å²) in [5.41, 5.74) is 2.82. The quantitative estimate of drug-likeness (QED) is 0.200. The van der Waals surface area contributed by atoms with Gasteiger partial charge < -0.3 is 18.9 Å². The molecule has 40 heavy (non-hydrogen) atoms. The molecule has 1 N–H and O–H groups in total. The van der Waals surface area contributed by atoms with Gasteiger partial charge in [0, 0.05) is 17.7 Å². The molecule has 0 amide bonds. The zero-order valence-corrected chi connectivity index (χ0v) is 23.3. The first kappa shape index (κ1) is 26.7. The maximum Gasteiger partial charge on any atom is 0.340 e. The number of ether oxygens (including phenoxy) is 4. The van der Waals surface area contributed by atoms with Gasteiger partial charge >= 0.3 is 5.97 Å². The highest BCUT2D eigenvalue weighted by molar-refractivity contribution is 7.20. The number of rotatable bonds is 8. The molecule has 0 aliphatic heterocycles. The van der Waals surface area contributed by atoms with Crippen LogP contribution in [0.4, 0.5) is 5.69 Å². The predicted molar refractivity (Wildman–Crippen MR) is 154 cm³/mol. The minimum absolute atomic E-state index is 0.160. The molecule has 0 unspecified atom stereocenters. The smallest absolute Gasteiger partial charge is 0.340 e. The number of hydrogen-bond acceptors (Lipinski definition) is 9. The number of benzene rings is 3. The molecule has 0 aliphatic rings. The van der Waals surface area contributed by atoms with Crippen LogP contribution in [0.25, 0.3) is 26.6 Å². The summed E-state index contributed by atoms with van der Waals surface area (Å²) in [6, 6.07) is 18.1. The summed E-state index contributed by atoms with van der Waals surface area (Å²) < 4.78 is 23.4. The summed E-state index contributed by atoms with van der Waals surface area (Å²) in [6.45, 7) is 1.71. The van der Waals surface area contributed by atoms with Crippen LogP contribution in [-0.4, -0.2) is 54.9 Å². The molecule has 0 bridgehead atoms. The molecule has 0 aliphatic carbocycles. The monoisotopic (exact) mass is 558 g/mol. The Morgan fingerprint density at radius 3 is 2.30 bits per heavy atom. The maximum absolute atomic E-state index is 14.0. The Hall–Kier alpha value is -4.90. The lowest BCUT2D eigenvalue weighted by Crippen LogP contribution is -2.19. The zero-order chi connectivity index (χ0) is 28.4. The van der Waals surface area contributed by atoms with E-state index in [0.29, 0.717) is 39.3 Å². The van der Waals surface area contributed by atoms with Crippen molar-refractivity contribution in [3.05, 3.63) is 82.1 Å². The predicted octanol–water partition coefficient (Wildman–Crippen LogP) is 5.40. The number of nitrogens with one attached hydrogen (secondary N) is 1. The average molecular weight is 559 g/mol. The van der Waals surface area contributed by atoms with Gasteiger partial charge in [0.25, 0.3) is 5.56 Å². The first-order chi connectivity index (χ1) is 19.4. The lowest BCUT2D eigenvalue weighted by molar-refractivity contribution is 0.0601. The van der Waals surface area contributed by atoms with E-state index in [4.69, 9.17) is 23.9 Å². The van der Waals surface area contributed by atoms with Gasteiger partial charge in [-0.25, -0.2) is 9.78 Å². The second kappa shape index (κ2) is 11.1. The van der Waals surface area contributed by atoms with E-state index in [0.717, 1.165) is 15.8 Å². The normalized spacial score (nSPS) is 11.5. The van der Waals surface area contributed by atoms with Crippen LogP contribution in [-0.2, 0) is 4.74 Å². The molecule has 0 fully saturated rings. The number of hydrogen-bond donors (Lipinski definition) is 1. The van der Waals surface area contributed by atoms with Crippen molar-refractivity contribution in [2.75, 3.05) is 28.4 Å². The topological polar surface area (TPSA) is 117 Å². The lowest BCUT2D eigenvalue weighted by Gasteiger charge is -2.12. The number of aliphatic imine (C=N–C) groups is 1. The summed E-state index contributed by atoms with van der Waals surface area (Å²) in [4.78, 5) is 36.0. The molecule has 10 nitrogen and oxygen atoms in total. The Morgan fingerprint density at radius 1 is 0.950 bits per heavy atom. The number of fused-ring (bicyclic) bond motifs is 1. The van der Waals surface area contributed by atoms with Crippen LogP contribution in [0.5, 0.6) is 17.2 Å². The minimum atomic E-state index is -0.608. The van der Waals surface area contributed by atoms with Crippen molar-refractivity contribution in [1.82, 2.24) is 14.8 Å². The van der Waals surface area contributed by atoms with E-state index < -0.39 is 5.97 Å². The zero-order valence-electron chi connectivity index (χ0n) is 22.5. The third-order valence-corrected chi connectivity index (χ3v) is 7.32. The fourth-order valence-electron chi connectivity index (χ4n) is 4.30. The van der Waals surface area contributed by atoms with Crippen molar-refractivity contribution >= 4 is 38.9 Å². The highest BCUT2D eigenvalue weighted by Crippen LogP contribution is 2.36. The Bertz CT molecular complexity index is 1770. The molecule has 0 spiro atoms. The number of thiazole rings is 1. The summed E-state index contributed by atoms with van der Waals surface area (Å²) in [5.74, 6) is 0.789. The van der Waals surface area contributed by atoms with Gasteiger partial charge in [-0.3, -0.25) is 14.9 Å². The Kier molecular flexibility index (Phi) is 7.39. The van der Waals surface area contributed by atoms with Gasteiger partial charge in [-0.15, -0.1) is 0 Å². The van der Waals surface area contributed by atoms with Gasteiger partial charge in [0.2, 0.25) is 5.13 Å². The van der Waals surface area contributed by atoms with E-state index in [1.165, 1.54) is 43.4 Å². The Balaban J connectivity index is 1.73. The summed E-state index contributed by atoms with van der Waals surface area (Å²) in [7, 11) is 5.83. The molecule has 2 aromatic heterocycles. The van der Waals surface area contributed by atoms with Crippen LogP contribution in [0.15, 0.2) is 70.5 Å². The number of aromatic amines is 1. The number of esters is 1. The third-order valence-electron chi connectivity index (χ3n) is 6.30. The van der Waals surface area contributed by atoms with Crippen molar-refractivity contribution in [3.63, 3.8) is 0 Å². The van der Waals surface area contributed by atoms with Crippen LogP contribution in [0.3, 0.4) is 0 Å². The summed E-state index contributed by atoms with van der Waals surface area (Å²) in [6.07, 6.45) is 0. The summed E-state index contributed by atoms with van der Waals surface area (Å²) in [5, 5.41) is 3.72. The second-order valence-corrected chi connectivity index (χ2v) is 9.62. The van der Waals surface area contributed by atoms with Crippen molar-refractivity contribution in [2.45, 2.75) is 6.92 Å². The van der Waals surface area contributed by atoms with Gasteiger partial charge in [-0.1, -0.05) is 23.5 Å². The number of H-pyrrole nitrogens is 1. The van der Waals surface area contributed by atoms with E-state index in [-0.39, 0.29) is 16.8 Å². The highest BCUT2D eigenvalue weighted by atomic mass is 32.1. The SMILES string of the molecule is COC(=O)c1cc(OC)c(OC)cc1N=C(C)c1c(-c2ccc(OC)cc2)[nH]n(-c2nc3ccccc3s2)c1=O. The standard InChI is InChI=1S/C29H26N4O6S/c1-16(30-21-15-23(38-4)22(37-3)14-19(21)28(35)39-5)25-26(17-10-12-18(36-2)13-11-17)32-33(27(25)34)29-31-20-8-6-7-9-24(20)40-29/h6-15,32H,1-5H3. The van der Waals surface area contributed by atoms with Crippen molar-refractivity contribution < 1.29 is 23.7 Å². The number of para-hydroxylation sites is 1. The fraction of sp³-hybridized carbons (Fsp3) is 0.172. The first-order valence-electron chi connectivity index (χ1n) is 12.1. The molecule has 0 atom stereocenters. The Labute approximate surface area is 233 Å². The molecular weight excluding hydrogens is 532 g/mol. The molecule has 204 valence electrons. The summed E-state index contributed by atoms with van der Waals surface area (Å²) >= 11 is 1.39. The molecule has 5 aromatic rings. The van der Waals surface area contributed by atoms with E-state index in [1.54, 1.807) is 20.1 Å². The first-order valence-corrected chi connectivity index (χ1v) is 13.0. The van der Waals surface area contributed by atoms with Crippen LogP contribution in [0.2, 0.25) is 0 Å². The van der Waals surface area contributed by atoms with Crippen molar-refractivity contribution in [1.29, 1.82) is 0 Å². The molecule has 5 rings (SSSR count). The molecule has 11 heteroatoms. The number of carbonyl (C=O) groups is 1.